The van der Waals surface area contributed by atoms with Crippen LogP contribution in [0.3, 0.4) is 0 Å². The van der Waals surface area contributed by atoms with Gasteiger partial charge in [-0.15, -0.1) is 0 Å². The highest BCUT2D eigenvalue weighted by Gasteiger charge is 2.15. The van der Waals surface area contributed by atoms with Gasteiger partial charge in [-0.05, 0) is 36.2 Å². The lowest BCUT2D eigenvalue weighted by molar-refractivity contribution is 0.739. The maximum absolute atomic E-state index is 6.28. The molecule has 0 fully saturated rings. The average Bonchev–Trinajstić information content (AvgIpc) is 2.46. The molecule has 0 aliphatic rings. The van der Waals surface area contributed by atoms with E-state index in [1.54, 1.807) is 0 Å². The summed E-state index contributed by atoms with van der Waals surface area (Å²) in [7, 11) is 2.07. The van der Waals surface area contributed by atoms with Crippen LogP contribution in [0.5, 0.6) is 0 Å². The number of halogens is 2. The monoisotopic (exact) mass is 352 g/mol. The van der Waals surface area contributed by atoms with E-state index in [9.17, 15) is 0 Å². The SMILES string of the molecule is CC(c1ccccc1Cl)N(C)c1ccc(CN)c(Br)c1. The third kappa shape index (κ3) is 3.17. The van der Waals surface area contributed by atoms with Crippen molar-refractivity contribution in [2.75, 3.05) is 11.9 Å². The minimum Gasteiger partial charge on any atom is -0.368 e. The lowest BCUT2D eigenvalue weighted by Crippen LogP contribution is -2.22. The van der Waals surface area contributed by atoms with Gasteiger partial charge in [0, 0.05) is 28.8 Å². The van der Waals surface area contributed by atoms with E-state index in [1.165, 1.54) is 0 Å². The highest BCUT2D eigenvalue weighted by molar-refractivity contribution is 9.10. The van der Waals surface area contributed by atoms with Crippen molar-refractivity contribution in [3.8, 4) is 0 Å². The topological polar surface area (TPSA) is 29.3 Å². The van der Waals surface area contributed by atoms with Crippen molar-refractivity contribution < 1.29 is 0 Å². The third-order valence-electron chi connectivity index (χ3n) is 3.60. The van der Waals surface area contributed by atoms with Gasteiger partial charge in [-0.2, -0.15) is 0 Å². The molecular formula is C16H18BrClN2. The normalized spacial score (nSPS) is 12.2. The molecule has 2 N–H and O–H groups in total. The quantitative estimate of drug-likeness (QED) is 0.858. The molecular weight excluding hydrogens is 336 g/mol. The van der Waals surface area contributed by atoms with Crippen molar-refractivity contribution in [2.24, 2.45) is 5.73 Å². The van der Waals surface area contributed by atoms with Gasteiger partial charge in [0.25, 0.3) is 0 Å². The van der Waals surface area contributed by atoms with Crippen LogP contribution in [0.4, 0.5) is 5.69 Å². The second-order valence-corrected chi connectivity index (χ2v) is 6.05. The zero-order valence-electron chi connectivity index (χ0n) is 11.6. The van der Waals surface area contributed by atoms with Gasteiger partial charge in [0.15, 0.2) is 0 Å². The third-order valence-corrected chi connectivity index (χ3v) is 4.68. The fourth-order valence-electron chi connectivity index (χ4n) is 2.17. The van der Waals surface area contributed by atoms with E-state index in [-0.39, 0.29) is 6.04 Å². The fraction of sp³-hybridized carbons (Fsp3) is 0.250. The smallest absolute Gasteiger partial charge is 0.0525 e. The lowest BCUT2D eigenvalue weighted by Gasteiger charge is -2.28. The molecule has 20 heavy (non-hydrogen) atoms. The van der Waals surface area contributed by atoms with Crippen LogP contribution in [-0.2, 0) is 6.54 Å². The molecule has 0 saturated carbocycles. The standard InChI is InChI=1S/C16H18BrClN2/c1-11(14-5-3-4-6-16(14)18)20(2)13-8-7-12(10-19)15(17)9-13/h3-9,11H,10,19H2,1-2H3. The first-order chi connectivity index (χ1) is 9.54. The van der Waals surface area contributed by atoms with Crippen LogP contribution in [0.1, 0.15) is 24.1 Å². The molecule has 2 aromatic carbocycles. The molecule has 4 heteroatoms. The van der Waals surface area contributed by atoms with E-state index < -0.39 is 0 Å². The number of hydrogen-bond acceptors (Lipinski definition) is 2. The molecule has 1 atom stereocenters. The Labute approximate surface area is 133 Å². The van der Waals surface area contributed by atoms with Crippen LogP contribution in [0.25, 0.3) is 0 Å². The molecule has 106 valence electrons. The van der Waals surface area contributed by atoms with Gasteiger partial charge in [-0.25, -0.2) is 0 Å². The van der Waals surface area contributed by atoms with Crippen molar-refractivity contribution in [1.82, 2.24) is 0 Å². The van der Waals surface area contributed by atoms with Gasteiger partial charge in [0.1, 0.15) is 0 Å². The molecule has 0 saturated heterocycles. The van der Waals surface area contributed by atoms with Gasteiger partial charge in [-0.3, -0.25) is 0 Å². The van der Waals surface area contributed by atoms with E-state index in [0.29, 0.717) is 6.54 Å². The first-order valence-corrected chi connectivity index (χ1v) is 7.67. The number of anilines is 1. The Morgan fingerprint density at radius 1 is 1.25 bits per heavy atom. The molecule has 0 spiro atoms. The lowest BCUT2D eigenvalue weighted by atomic mass is 10.1. The summed E-state index contributed by atoms with van der Waals surface area (Å²) in [5.74, 6) is 0. The Hall–Kier alpha value is -1.03. The van der Waals surface area contributed by atoms with Crippen LogP contribution in [0.15, 0.2) is 46.9 Å². The first-order valence-electron chi connectivity index (χ1n) is 6.50. The molecule has 2 rings (SSSR count). The summed E-state index contributed by atoms with van der Waals surface area (Å²) in [6.45, 7) is 2.68. The van der Waals surface area contributed by atoms with E-state index in [4.69, 9.17) is 17.3 Å². The summed E-state index contributed by atoms with van der Waals surface area (Å²) >= 11 is 9.84. The second-order valence-electron chi connectivity index (χ2n) is 4.79. The van der Waals surface area contributed by atoms with Gasteiger partial charge >= 0.3 is 0 Å². The van der Waals surface area contributed by atoms with Crippen molar-refractivity contribution >= 4 is 33.2 Å². The van der Waals surface area contributed by atoms with Gasteiger partial charge in [0.2, 0.25) is 0 Å². The van der Waals surface area contributed by atoms with Crippen LogP contribution >= 0.6 is 27.5 Å². The molecule has 2 aromatic rings. The predicted molar refractivity (Wildman–Crippen MR) is 90.3 cm³/mol. The number of benzene rings is 2. The Morgan fingerprint density at radius 2 is 1.95 bits per heavy atom. The summed E-state index contributed by atoms with van der Waals surface area (Å²) in [5.41, 5.74) is 9.04. The van der Waals surface area contributed by atoms with E-state index in [1.807, 2.05) is 18.2 Å². The Balaban J connectivity index is 2.29. The maximum atomic E-state index is 6.28. The highest BCUT2D eigenvalue weighted by Crippen LogP contribution is 2.31. The molecule has 1 unspecified atom stereocenters. The summed E-state index contributed by atoms with van der Waals surface area (Å²) in [4.78, 5) is 2.20. The van der Waals surface area contributed by atoms with Crippen LogP contribution in [0.2, 0.25) is 5.02 Å². The summed E-state index contributed by atoms with van der Waals surface area (Å²) in [5, 5.41) is 0.796. The van der Waals surface area contributed by atoms with Gasteiger partial charge in [-0.1, -0.05) is 51.8 Å². The summed E-state index contributed by atoms with van der Waals surface area (Å²) in [6.07, 6.45) is 0. The molecule has 0 amide bonds. The molecule has 0 heterocycles. The van der Waals surface area contributed by atoms with Crippen LogP contribution in [-0.4, -0.2) is 7.05 Å². The Bertz CT molecular complexity index is 601. The van der Waals surface area contributed by atoms with Crippen molar-refractivity contribution in [1.29, 1.82) is 0 Å². The minimum atomic E-state index is 0.194. The zero-order chi connectivity index (χ0) is 14.7. The molecule has 0 aliphatic heterocycles. The first kappa shape index (κ1) is 15.4. The zero-order valence-corrected chi connectivity index (χ0v) is 13.9. The number of rotatable bonds is 4. The molecule has 0 radical (unpaired) electrons. The number of nitrogens with zero attached hydrogens (tertiary/aromatic N) is 1. The molecule has 0 bridgehead atoms. The van der Waals surface area contributed by atoms with Crippen molar-refractivity contribution in [3.05, 3.63) is 63.1 Å². The van der Waals surface area contributed by atoms with Crippen LogP contribution < -0.4 is 10.6 Å². The predicted octanol–water partition coefficient (Wildman–Crippen LogP) is 4.76. The Morgan fingerprint density at radius 3 is 2.55 bits per heavy atom. The maximum Gasteiger partial charge on any atom is 0.0525 e. The van der Waals surface area contributed by atoms with E-state index in [0.717, 1.165) is 26.3 Å². The molecule has 0 aromatic heterocycles. The fourth-order valence-corrected chi connectivity index (χ4v) is 2.99. The summed E-state index contributed by atoms with van der Waals surface area (Å²) in [6, 6.07) is 14.4. The molecule has 0 aliphatic carbocycles. The van der Waals surface area contributed by atoms with E-state index in [2.05, 4.69) is 59.1 Å². The largest absolute Gasteiger partial charge is 0.368 e. The average molecular weight is 354 g/mol. The Kier molecular flexibility index (Phi) is 5.08. The summed E-state index contributed by atoms with van der Waals surface area (Å²) < 4.78 is 1.04. The number of nitrogens with two attached hydrogens (primary N) is 1. The van der Waals surface area contributed by atoms with Gasteiger partial charge < -0.3 is 10.6 Å². The van der Waals surface area contributed by atoms with E-state index >= 15 is 0 Å². The van der Waals surface area contributed by atoms with Crippen LogP contribution in [0, 0.1) is 0 Å². The van der Waals surface area contributed by atoms with Gasteiger partial charge in [0.05, 0.1) is 6.04 Å². The van der Waals surface area contributed by atoms with Crippen molar-refractivity contribution in [2.45, 2.75) is 19.5 Å². The highest BCUT2D eigenvalue weighted by atomic mass is 79.9. The minimum absolute atomic E-state index is 0.194. The molecule has 2 nitrogen and oxygen atoms in total. The number of hydrogen-bond donors (Lipinski definition) is 1. The second kappa shape index (κ2) is 6.61. The van der Waals surface area contributed by atoms with Crippen molar-refractivity contribution in [3.63, 3.8) is 0 Å².